The number of halogens is 3. The molecule has 0 atom stereocenters. The molecule has 1 heterocycles. The molecule has 0 saturated heterocycles. The summed E-state index contributed by atoms with van der Waals surface area (Å²) >= 11 is 0. The Hall–Kier alpha value is -2.52. The average molecular weight is 417 g/mol. The summed E-state index contributed by atoms with van der Waals surface area (Å²) in [5.74, 6) is 0.283. The standard InChI is InChI=1S/C19H30F3N5O2/c1-18(2,3)29-17(28)27(14-15-7-5-9-24-13-15)12-6-10-25-16(23-4)26-11-8-19(20,21)22/h5,7,9,13H,6,8,10-12,14H2,1-4H3,(H2,23,25,26). The first-order valence-electron chi connectivity index (χ1n) is 9.38. The van der Waals surface area contributed by atoms with Crippen LogP contribution in [0.4, 0.5) is 18.0 Å². The van der Waals surface area contributed by atoms with Gasteiger partial charge in [-0.25, -0.2) is 4.79 Å². The maximum atomic E-state index is 12.5. The molecule has 1 aromatic rings. The lowest BCUT2D eigenvalue weighted by Gasteiger charge is -2.27. The number of pyridine rings is 1. The lowest BCUT2D eigenvalue weighted by molar-refractivity contribution is -0.132. The zero-order valence-electron chi connectivity index (χ0n) is 17.3. The number of hydrogen-bond acceptors (Lipinski definition) is 4. The lowest BCUT2D eigenvalue weighted by Crippen LogP contribution is -2.41. The first-order chi connectivity index (χ1) is 13.5. The molecule has 29 heavy (non-hydrogen) atoms. The molecule has 0 saturated carbocycles. The Balaban J connectivity index is 2.53. The second-order valence-corrected chi connectivity index (χ2v) is 7.41. The van der Waals surface area contributed by atoms with Gasteiger partial charge in [0.25, 0.3) is 0 Å². The number of hydrogen-bond donors (Lipinski definition) is 2. The Morgan fingerprint density at radius 2 is 1.93 bits per heavy atom. The second kappa shape index (κ2) is 11.5. The smallest absolute Gasteiger partial charge is 0.410 e. The van der Waals surface area contributed by atoms with E-state index in [1.807, 2.05) is 6.07 Å². The summed E-state index contributed by atoms with van der Waals surface area (Å²) in [7, 11) is 1.48. The number of rotatable bonds is 8. The van der Waals surface area contributed by atoms with E-state index in [1.54, 1.807) is 44.1 Å². The Bertz CT molecular complexity index is 645. The van der Waals surface area contributed by atoms with Gasteiger partial charge in [-0.15, -0.1) is 0 Å². The number of alkyl halides is 3. The van der Waals surface area contributed by atoms with Crippen LogP contribution in [0.15, 0.2) is 29.5 Å². The molecule has 0 aromatic carbocycles. The Kier molecular flexibility index (Phi) is 9.70. The number of ether oxygens (including phenoxy) is 1. The topological polar surface area (TPSA) is 78.9 Å². The maximum absolute atomic E-state index is 12.5. The van der Waals surface area contributed by atoms with Crippen LogP contribution in [-0.2, 0) is 11.3 Å². The third-order valence-corrected chi connectivity index (χ3v) is 3.57. The highest BCUT2D eigenvalue weighted by Crippen LogP contribution is 2.18. The fourth-order valence-corrected chi connectivity index (χ4v) is 2.29. The first kappa shape index (κ1) is 24.5. The minimum absolute atomic E-state index is 0.256. The van der Waals surface area contributed by atoms with Crippen LogP contribution in [0.25, 0.3) is 0 Å². The highest BCUT2D eigenvalue weighted by Gasteiger charge is 2.26. The molecule has 1 aromatic heterocycles. The summed E-state index contributed by atoms with van der Waals surface area (Å²) in [5, 5.41) is 5.56. The molecule has 1 amide bonds. The van der Waals surface area contributed by atoms with Gasteiger partial charge in [-0.2, -0.15) is 13.2 Å². The number of guanidine groups is 1. The van der Waals surface area contributed by atoms with E-state index in [0.717, 1.165) is 5.56 Å². The predicted molar refractivity (Wildman–Crippen MR) is 106 cm³/mol. The van der Waals surface area contributed by atoms with Crippen molar-refractivity contribution in [1.29, 1.82) is 0 Å². The monoisotopic (exact) mass is 417 g/mol. The molecular weight excluding hydrogens is 387 g/mol. The average Bonchev–Trinajstić information content (AvgIpc) is 2.61. The molecule has 0 bridgehead atoms. The number of aliphatic imine (C=N–C) groups is 1. The van der Waals surface area contributed by atoms with Crippen molar-refractivity contribution < 1.29 is 22.7 Å². The highest BCUT2D eigenvalue weighted by atomic mass is 19.4. The van der Waals surface area contributed by atoms with Crippen LogP contribution < -0.4 is 10.6 Å². The van der Waals surface area contributed by atoms with Crippen LogP contribution in [0.5, 0.6) is 0 Å². The van der Waals surface area contributed by atoms with E-state index < -0.39 is 24.3 Å². The number of aromatic nitrogens is 1. The molecule has 2 N–H and O–H groups in total. The number of nitrogens with zero attached hydrogens (tertiary/aromatic N) is 3. The zero-order chi connectivity index (χ0) is 21.9. The summed E-state index contributed by atoms with van der Waals surface area (Å²) in [5.41, 5.74) is 0.253. The van der Waals surface area contributed by atoms with Crippen molar-refractivity contribution in [2.24, 2.45) is 4.99 Å². The van der Waals surface area contributed by atoms with E-state index in [0.29, 0.717) is 26.1 Å². The van der Waals surface area contributed by atoms with Gasteiger partial charge in [0.1, 0.15) is 5.60 Å². The third-order valence-electron chi connectivity index (χ3n) is 3.57. The quantitative estimate of drug-likeness (QED) is 0.385. The van der Waals surface area contributed by atoms with Crippen molar-refractivity contribution >= 4 is 12.1 Å². The minimum Gasteiger partial charge on any atom is -0.444 e. The normalized spacial score (nSPS) is 12.4. The summed E-state index contributed by atoms with van der Waals surface area (Å²) in [6.07, 6.45) is -1.70. The van der Waals surface area contributed by atoms with Crippen LogP contribution in [0, 0.1) is 0 Å². The Morgan fingerprint density at radius 1 is 1.24 bits per heavy atom. The van der Waals surface area contributed by atoms with E-state index in [4.69, 9.17) is 4.74 Å². The van der Waals surface area contributed by atoms with E-state index in [1.165, 1.54) is 7.05 Å². The predicted octanol–water partition coefficient (Wildman–Crippen LogP) is 3.33. The first-order valence-corrected chi connectivity index (χ1v) is 9.38. The van der Waals surface area contributed by atoms with Gasteiger partial charge in [0, 0.05) is 39.1 Å². The zero-order valence-corrected chi connectivity index (χ0v) is 17.3. The van der Waals surface area contributed by atoms with Crippen molar-refractivity contribution in [2.45, 2.75) is 51.9 Å². The summed E-state index contributed by atoms with van der Waals surface area (Å²) in [6.45, 7) is 6.31. The maximum Gasteiger partial charge on any atom is 0.410 e. The van der Waals surface area contributed by atoms with Crippen LogP contribution in [-0.4, -0.2) is 60.4 Å². The van der Waals surface area contributed by atoms with Gasteiger partial charge in [0.05, 0.1) is 13.0 Å². The number of carbonyl (C=O) groups is 1. The van der Waals surface area contributed by atoms with Gasteiger partial charge in [0.2, 0.25) is 0 Å². The number of carbonyl (C=O) groups excluding carboxylic acids is 1. The lowest BCUT2D eigenvalue weighted by atomic mass is 10.2. The molecule has 0 radical (unpaired) electrons. The van der Waals surface area contributed by atoms with Crippen LogP contribution >= 0.6 is 0 Å². The summed E-state index contributed by atoms with van der Waals surface area (Å²) in [6, 6.07) is 3.66. The van der Waals surface area contributed by atoms with Crippen molar-refractivity contribution in [2.75, 3.05) is 26.7 Å². The van der Waals surface area contributed by atoms with Crippen molar-refractivity contribution in [1.82, 2.24) is 20.5 Å². The Morgan fingerprint density at radius 3 is 2.48 bits per heavy atom. The summed E-state index contributed by atoms with van der Waals surface area (Å²) < 4.78 is 42.1. The molecule has 7 nitrogen and oxygen atoms in total. The van der Waals surface area contributed by atoms with Gasteiger partial charge < -0.3 is 20.3 Å². The van der Waals surface area contributed by atoms with Gasteiger partial charge in [-0.1, -0.05) is 6.07 Å². The van der Waals surface area contributed by atoms with Gasteiger partial charge in [0.15, 0.2) is 5.96 Å². The highest BCUT2D eigenvalue weighted by molar-refractivity contribution is 5.79. The van der Waals surface area contributed by atoms with Crippen LogP contribution in [0.1, 0.15) is 39.2 Å². The number of nitrogens with one attached hydrogen (secondary N) is 2. The Labute approximate surface area is 169 Å². The van der Waals surface area contributed by atoms with E-state index in [-0.39, 0.29) is 12.5 Å². The molecule has 0 aliphatic heterocycles. The molecule has 0 aliphatic carbocycles. The van der Waals surface area contributed by atoms with Gasteiger partial charge >= 0.3 is 12.3 Å². The van der Waals surface area contributed by atoms with E-state index in [2.05, 4.69) is 20.6 Å². The molecule has 10 heteroatoms. The molecule has 0 unspecified atom stereocenters. The SMILES string of the molecule is CN=C(NCCCN(Cc1cccnc1)C(=O)OC(C)(C)C)NCCC(F)(F)F. The van der Waals surface area contributed by atoms with Crippen LogP contribution in [0.3, 0.4) is 0 Å². The largest absolute Gasteiger partial charge is 0.444 e. The van der Waals surface area contributed by atoms with Crippen molar-refractivity contribution in [3.8, 4) is 0 Å². The fourth-order valence-electron chi connectivity index (χ4n) is 2.29. The minimum atomic E-state index is -4.22. The van der Waals surface area contributed by atoms with E-state index in [9.17, 15) is 18.0 Å². The van der Waals surface area contributed by atoms with Gasteiger partial charge in [-0.3, -0.25) is 9.98 Å². The van der Waals surface area contributed by atoms with E-state index >= 15 is 0 Å². The molecule has 1 rings (SSSR count). The van der Waals surface area contributed by atoms with Crippen molar-refractivity contribution in [3.05, 3.63) is 30.1 Å². The molecular formula is C19H30F3N5O2. The molecule has 0 fully saturated rings. The molecule has 0 aliphatic rings. The van der Waals surface area contributed by atoms with Crippen molar-refractivity contribution in [3.63, 3.8) is 0 Å². The summed E-state index contributed by atoms with van der Waals surface area (Å²) in [4.78, 5) is 22.0. The third kappa shape index (κ3) is 11.8. The second-order valence-electron chi connectivity index (χ2n) is 7.41. The molecule has 0 spiro atoms. The van der Waals surface area contributed by atoms with Crippen LogP contribution in [0.2, 0.25) is 0 Å². The molecule has 164 valence electrons. The fraction of sp³-hybridized carbons (Fsp3) is 0.632. The number of amides is 1. The van der Waals surface area contributed by atoms with Gasteiger partial charge in [-0.05, 0) is 38.8 Å².